The highest BCUT2D eigenvalue weighted by atomic mass is 32.2. The highest BCUT2D eigenvalue weighted by molar-refractivity contribution is 7.89. The van der Waals surface area contributed by atoms with Crippen molar-refractivity contribution in [1.29, 1.82) is 0 Å². The number of hydrogen-bond acceptors (Lipinski definition) is 4. The average molecular weight is 403 g/mol. The molecule has 0 radical (unpaired) electrons. The van der Waals surface area contributed by atoms with Crippen molar-refractivity contribution < 1.29 is 18.0 Å². The molecule has 1 atom stereocenters. The second-order valence-corrected chi connectivity index (χ2v) is 9.14. The lowest BCUT2D eigenvalue weighted by atomic mass is 9.99. The second kappa shape index (κ2) is 8.03. The van der Waals surface area contributed by atoms with Gasteiger partial charge >= 0.3 is 0 Å². The number of nitrogens with zero attached hydrogens (tertiary/aromatic N) is 2. The Kier molecular flexibility index (Phi) is 5.88. The molecule has 6 nitrogen and oxygen atoms in total. The average Bonchev–Trinajstić information content (AvgIpc) is 3.16. The minimum absolute atomic E-state index is 0.00742. The molecule has 3 rings (SSSR count). The maximum Gasteiger partial charge on any atom is 0.264 e. The number of carbonyl (C=O) groups excluding carboxylic acids is 1. The standard InChI is InChI=1S/C21H26N2O4S/c1-15-11-16(2)13-18(12-15)20-9-6-10-23(20)21(24)17-7-5-8-19(14-17)28(25,26)22(3)27-4/h5,7-8,11-14,20H,6,9-10H2,1-4H3. The molecular formula is C21H26N2O4S. The molecule has 7 heteroatoms. The van der Waals surface area contributed by atoms with Crippen molar-refractivity contribution in [2.75, 3.05) is 20.7 Å². The zero-order chi connectivity index (χ0) is 20.5. The zero-order valence-corrected chi connectivity index (χ0v) is 17.5. The Morgan fingerprint density at radius 3 is 2.46 bits per heavy atom. The summed E-state index contributed by atoms with van der Waals surface area (Å²) in [6, 6.07) is 12.5. The van der Waals surface area contributed by atoms with Crippen LogP contribution in [0, 0.1) is 13.8 Å². The molecule has 0 bridgehead atoms. The maximum absolute atomic E-state index is 13.2. The molecule has 0 N–H and O–H groups in total. The molecule has 150 valence electrons. The summed E-state index contributed by atoms with van der Waals surface area (Å²) in [7, 11) is -1.20. The van der Waals surface area contributed by atoms with Crippen molar-refractivity contribution in [3.8, 4) is 0 Å². The van der Waals surface area contributed by atoms with E-state index in [9.17, 15) is 13.2 Å². The third-order valence-electron chi connectivity index (χ3n) is 5.12. The van der Waals surface area contributed by atoms with E-state index in [0.717, 1.165) is 22.9 Å². The summed E-state index contributed by atoms with van der Waals surface area (Å²) in [5, 5.41) is 0. The fraction of sp³-hybridized carbons (Fsp3) is 0.381. The molecule has 2 aromatic rings. The first-order valence-corrected chi connectivity index (χ1v) is 10.7. The largest absolute Gasteiger partial charge is 0.332 e. The maximum atomic E-state index is 13.2. The van der Waals surface area contributed by atoms with Crippen LogP contribution in [-0.2, 0) is 14.9 Å². The molecule has 0 saturated carbocycles. The van der Waals surface area contributed by atoms with Crippen molar-refractivity contribution in [1.82, 2.24) is 9.37 Å². The number of amides is 1. The van der Waals surface area contributed by atoms with Crippen LogP contribution in [0.5, 0.6) is 0 Å². The summed E-state index contributed by atoms with van der Waals surface area (Å²) >= 11 is 0. The number of hydroxylamine groups is 1. The van der Waals surface area contributed by atoms with Gasteiger partial charge in [0.25, 0.3) is 15.9 Å². The van der Waals surface area contributed by atoms with Gasteiger partial charge in [0.1, 0.15) is 0 Å². The van der Waals surface area contributed by atoms with Gasteiger partial charge in [-0.3, -0.25) is 9.63 Å². The Balaban J connectivity index is 1.92. The van der Waals surface area contributed by atoms with E-state index >= 15 is 0 Å². The number of carbonyl (C=O) groups is 1. The van der Waals surface area contributed by atoms with Crippen molar-refractivity contribution in [2.24, 2.45) is 0 Å². The summed E-state index contributed by atoms with van der Waals surface area (Å²) < 4.78 is 25.8. The van der Waals surface area contributed by atoms with Crippen LogP contribution < -0.4 is 0 Å². The Labute approximate surface area is 166 Å². The summed E-state index contributed by atoms with van der Waals surface area (Å²) in [5.74, 6) is -0.154. The molecular weight excluding hydrogens is 376 g/mol. The number of likely N-dealkylation sites (tertiary alicyclic amines) is 1. The molecule has 0 spiro atoms. The topological polar surface area (TPSA) is 66.9 Å². The van der Waals surface area contributed by atoms with E-state index in [-0.39, 0.29) is 16.8 Å². The summed E-state index contributed by atoms with van der Waals surface area (Å²) in [5.41, 5.74) is 3.84. The van der Waals surface area contributed by atoms with Gasteiger partial charge in [-0.15, -0.1) is 0 Å². The normalized spacial score (nSPS) is 17.3. The van der Waals surface area contributed by atoms with Crippen LogP contribution in [-0.4, -0.2) is 44.4 Å². The van der Waals surface area contributed by atoms with E-state index in [0.29, 0.717) is 12.1 Å². The van der Waals surface area contributed by atoms with Crippen molar-refractivity contribution in [3.05, 3.63) is 64.7 Å². The number of benzene rings is 2. The molecule has 2 aromatic carbocycles. The van der Waals surface area contributed by atoms with Gasteiger partial charge in [-0.1, -0.05) is 39.9 Å². The summed E-state index contributed by atoms with van der Waals surface area (Å²) in [6.45, 7) is 4.77. The van der Waals surface area contributed by atoms with Gasteiger partial charge in [0.2, 0.25) is 0 Å². The first-order chi connectivity index (χ1) is 13.2. The smallest absolute Gasteiger partial charge is 0.264 e. The molecule has 0 aromatic heterocycles. The van der Waals surface area contributed by atoms with Crippen LogP contribution in [0.1, 0.15) is 45.9 Å². The van der Waals surface area contributed by atoms with Crippen molar-refractivity contribution in [2.45, 2.75) is 37.6 Å². The monoisotopic (exact) mass is 402 g/mol. The minimum Gasteiger partial charge on any atom is -0.332 e. The zero-order valence-electron chi connectivity index (χ0n) is 16.7. The van der Waals surface area contributed by atoms with Gasteiger partial charge in [0.05, 0.1) is 18.0 Å². The predicted octanol–water partition coefficient (Wildman–Crippen LogP) is 3.46. The Morgan fingerprint density at radius 2 is 1.82 bits per heavy atom. The lowest BCUT2D eigenvalue weighted by Crippen LogP contribution is -2.31. The van der Waals surface area contributed by atoms with Gasteiger partial charge in [-0.05, 0) is 50.5 Å². The molecule has 1 heterocycles. The Morgan fingerprint density at radius 1 is 1.14 bits per heavy atom. The van der Waals surface area contributed by atoms with Gasteiger partial charge in [0.15, 0.2) is 0 Å². The quantitative estimate of drug-likeness (QED) is 0.719. The van der Waals surface area contributed by atoms with Crippen molar-refractivity contribution >= 4 is 15.9 Å². The van der Waals surface area contributed by atoms with Crippen LogP contribution in [0.2, 0.25) is 0 Å². The molecule has 1 fully saturated rings. The lowest BCUT2D eigenvalue weighted by Gasteiger charge is -2.26. The molecule has 1 aliphatic rings. The first kappa shape index (κ1) is 20.5. The summed E-state index contributed by atoms with van der Waals surface area (Å²) in [4.78, 5) is 19.9. The highest BCUT2D eigenvalue weighted by Crippen LogP contribution is 2.34. The second-order valence-electron chi connectivity index (χ2n) is 7.20. The SMILES string of the molecule is CON(C)S(=O)(=O)c1cccc(C(=O)N2CCCC2c2cc(C)cc(C)c2)c1. The van der Waals surface area contributed by atoms with E-state index in [2.05, 4.69) is 32.0 Å². The van der Waals surface area contributed by atoms with Crippen LogP contribution in [0.25, 0.3) is 0 Å². The molecule has 1 unspecified atom stereocenters. The van der Waals surface area contributed by atoms with E-state index in [1.807, 2.05) is 4.90 Å². The highest BCUT2D eigenvalue weighted by Gasteiger charge is 2.31. The van der Waals surface area contributed by atoms with Crippen molar-refractivity contribution in [3.63, 3.8) is 0 Å². The fourth-order valence-electron chi connectivity index (χ4n) is 3.76. The van der Waals surface area contributed by atoms with Crippen LogP contribution in [0.3, 0.4) is 0 Å². The Bertz CT molecular complexity index is 967. The Hall–Kier alpha value is -2.22. The first-order valence-electron chi connectivity index (χ1n) is 9.26. The number of hydrogen-bond donors (Lipinski definition) is 0. The molecule has 1 saturated heterocycles. The molecule has 28 heavy (non-hydrogen) atoms. The van der Waals surface area contributed by atoms with Gasteiger partial charge in [-0.25, -0.2) is 8.42 Å². The van der Waals surface area contributed by atoms with E-state index < -0.39 is 10.0 Å². The van der Waals surface area contributed by atoms with Gasteiger partial charge < -0.3 is 4.90 Å². The molecule has 1 aliphatic heterocycles. The number of rotatable bonds is 5. The number of sulfonamides is 1. The molecule has 1 amide bonds. The van der Waals surface area contributed by atoms with Gasteiger partial charge in [0, 0.05) is 19.2 Å². The van der Waals surface area contributed by atoms with E-state index in [4.69, 9.17) is 4.84 Å². The third kappa shape index (κ3) is 3.97. The minimum atomic E-state index is -3.81. The van der Waals surface area contributed by atoms with Crippen LogP contribution in [0.15, 0.2) is 47.4 Å². The number of aryl methyl sites for hydroxylation is 2. The fourth-order valence-corrected chi connectivity index (χ4v) is 4.78. The van der Waals surface area contributed by atoms with Crippen LogP contribution in [0.4, 0.5) is 0 Å². The van der Waals surface area contributed by atoms with Crippen LogP contribution >= 0.6 is 0 Å². The van der Waals surface area contributed by atoms with Gasteiger partial charge in [-0.2, -0.15) is 0 Å². The van der Waals surface area contributed by atoms with E-state index in [1.54, 1.807) is 12.1 Å². The molecule has 0 aliphatic carbocycles. The third-order valence-corrected chi connectivity index (χ3v) is 6.79. The van der Waals surface area contributed by atoms with E-state index in [1.165, 1.54) is 37.4 Å². The predicted molar refractivity (Wildman–Crippen MR) is 107 cm³/mol. The summed E-state index contributed by atoms with van der Waals surface area (Å²) in [6.07, 6.45) is 1.83. The lowest BCUT2D eigenvalue weighted by molar-refractivity contribution is -0.0258.